The third kappa shape index (κ3) is 9.38. The van der Waals surface area contributed by atoms with E-state index in [4.69, 9.17) is 19.2 Å². The average molecular weight is 766 g/mol. The first-order valence-corrected chi connectivity index (χ1v) is 19.2. The SMILES string of the molecule is COCC(C)N(C)Cc1nc2cc(Oc3ccc(-c4ccn[nH]4)cc3)ccc2[nH]1.c1cc(-c2ccc(Oc3ccc4c(cnn4CCN4CCCC4)c3)nc2)[nH]n1. The molecule has 8 aromatic rings. The lowest BCUT2D eigenvalue weighted by molar-refractivity contribution is 0.110. The van der Waals surface area contributed by atoms with E-state index in [1.807, 2.05) is 85.1 Å². The Morgan fingerprint density at radius 1 is 0.772 bits per heavy atom. The molecule has 292 valence electrons. The molecule has 1 aliphatic rings. The van der Waals surface area contributed by atoms with Crippen molar-refractivity contribution in [2.45, 2.75) is 38.9 Å². The van der Waals surface area contributed by atoms with Gasteiger partial charge in [-0.2, -0.15) is 15.3 Å². The van der Waals surface area contributed by atoms with E-state index in [0.717, 1.165) is 87.2 Å². The van der Waals surface area contributed by atoms with Crippen LogP contribution in [0.25, 0.3) is 44.5 Å². The van der Waals surface area contributed by atoms with Crippen LogP contribution in [0, 0.1) is 0 Å². The van der Waals surface area contributed by atoms with Crippen LogP contribution >= 0.6 is 0 Å². The number of methoxy groups -OCH3 is 1. The predicted octanol–water partition coefficient (Wildman–Crippen LogP) is 7.92. The first-order valence-electron chi connectivity index (χ1n) is 19.2. The number of H-pyrrole nitrogens is 3. The van der Waals surface area contributed by atoms with Gasteiger partial charge in [-0.1, -0.05) is 0 Å². The number of aromatic amines is 3. The summed E-state index contributed by atoms with van der Waals surface area (Å²) in [6.45, 7) is 7.95. The minimum absolute atomic E-state index is 0.317. The van der Waals surface area contributed by atoms with Crippen molar-refractivity contribution in [2.75, 3.05) is 40.4 Å². The maximum Gasteiger partial charge on any atom is 0.219 e. The summed E-state index contributed by atoms with van der Waals surface area (Å²) < 4.78 is 19.2. The number of fused-ring (bicyclic) bond motifs is 2. The summed E-state index contributed by atoms with van der Waals surface area (Å²) in [4.78, 5) is 17.2. The van der Waals surface area contributed by atoms with Crippen LogP contribution in [0.4, 0.5) is 0 Å². The van der Waals surface area contributed by atoms with Gasteiger partial charge in [0.15, 0.2) is 0 Å². The van der Waals surface area contributed by atoms with Gasteiger partial charge in [-0.3, -0.25) is 19.8 Å². The zero-order chi connectivity index (χ0) is 39.0. The number of hydrogen-bond acceptors (Lipinski definition) is 10. The molecule has 9 rings (SSSR count). The maximum absolute atomic E-state index is 6.01. The van der Waals surface area contributed by atoms with Gasteiger partial charge in [0.05, 0.1) is 53.8 Å². The molecule has 5 aromatic heterocycles. The van der Waals surface area contributed by atoms with Gasteiger partial charge in [-0.25, -0.2) is 9.97 Å². The van der Waals surface area contributed by atoms with E-state index in [-0.39, 0.29) is 0 Å². The highest BCUT2D eigenvalue weighted by atomic mass is 16.5. The van der Waals surface area contributed by atoms with Gasteiger partial charge in [0, 0.05) is 61.4 Å². The van der Waals surface area contributed by atoms with Gasteiger partial charge in [-0.15, -0.1) is 0 Å². The highest BCUT2D eigenvalue weighted by Gasteiger charge is 2.14. The molecule has 3 aromatic carbocycles. The molecule has 1 unspecified atom stereocenters. The number of pyridine rings is 1. The number of ether oxygens (including phenoxy) is 3. The minimum atomic E-state index is 0.317. The fraction of sp³-hybridized carbons (Fsp3) is 0.279. The summed E-state index contributed by atoms with van der Waals surface area (Å²) in [6, 6.07) is 27.8. The zero-order valence-corrected chi connectivity index (χ0v) is 32.4. The van der Waals surface area contributed by atoms with Gasteiger partial charge in [-0.05, 0) is 118 Å². The van der Waals surface area contributed by atoms with Crippen molar-refractivity contribution >= 4 is 21.9 Å². The van der Waals surface area contributed by atoms with E-state index in [0.29, 0.717) is 18.5 Å². The smallest absolute Gasteiger partial charge is 0.219 e. The second-order valence-electron chi connectivity index (χ2n) is 14.3. The van der Waals surface area contributed by atoms with Crippen molar-refractivity contribution in [1.82, 2.24) is 54.9 Å². The van der Waals surface area contributed by atoms with Crippen LogP contribution in [0.15, 0.2) is 110 Å². The Labute approximate surface area is 330 Å². The second-order valence-corrected chi connectivity index (χ2v) is 14.3. The van der Waals surface area contributed by atoms with Crippen molar-refractivity contribution in [2.24, 2.45) is 0 Å². The van der Waals surface area contributed by atoms with Gasteiger partial charge >= 0.3 is 0 Å². The quantitative estimate of drug-likeness (QED) is 0.0996. The Morgan fingerprint density at radius 3 is 2.21 bits per heavy atom. The molecule has 0 saturated carbocycles. The van der Waals surface area contributed by atoms with Crippen LogP contribution in [-0.4, -0.2) is 101 Å². The molecule has 57 heavy (non-hydrogen) atoms. The molecule has 14 nitrogen and oxygen atoms in total. The normalized spacial score (nSPS) is 13.6. The van der Waals surface area contributed by atoms with Crippen molar-refractivity contribution < 1.29 is 14.2 Å². The van der Waals surface area contributed by atoms with E-state index in [1.54, 1.807) is 25.7 Å². The van der Waals surface area contributed by atoms with Crippen molar-refractivity contribution in [1.29, 1.82) is 0 Å². The number of rotatable bonds is 14. The van der Waals surface area contributed by atoms with Gasteiger partial charge < -0.3 is 24.1 Å². The number of likely N-dealkylation sites (N-methyl/N-ethyl adjacent to an activating group) is 1. The first kappa shape index (κ1) is 37.6. The predicted molar refractivity (Wildman–Crippen MR) is 220 cm³/mol. The molecule has 3 N–H and O–H groups in total. The largest absolute Gasteiger partial charge is 0.457 e. The highest BCUT2D eigenvalue weighted by molar-refractivity contribution is 5.80. The molecule has 1 saturated heterocycles. The van der Waals surface area contributed by atoms with Crippen molar-refractivity contribution in [3.8, 4) is 45.6 Å². The van der Waals surface area contributed by atoms with Crippen molar-refractivity contribution in [3.63, 3.8) is 0 Å². The number of imidazole rings is 1. The Morgan fingerprint density at radius 2 is 1.49 bits per heavy atom. The first-order chi connectivity index (χ1) is 28.0. The maximum atomic E-state index is 6.01. The molecule has 1 fully saturated rings. The summed E-state index contributed by atoms with van der Waals surface area (Å²) in [5, 5.41) is 19.5. The van der Waals surface area contributed by atoms with Crippen LogP contribution in [0.1, 0.15) is 25.6 Å². The number of nitrogens with one attached hydrogen (secondary N) is 3. The van der Waals surface area contributed by atoms with Crippen LogP contribution in [0.3, 0.4) is 0 Å². The monoisotopic (exact) mass is 765 g/mol. The standard InChI is InChI=1S/C22H25N5O2.C21H22N6O/c1-15(14-28-3)27(2)13-22-24-20-9-8-18(12-21(20)25-22)29-17-6-4-16(5-7-17)19-10-11-23-26-19;1-2-10-26(9-1)11-12-27-20-5-4-18(13-17(20)15-24-27)28-21-6-3-16(14-22-21)19-7-8-23-25-19/h4-12,15H,13-14H2,1-3H3,(H,23,26)(H,24,25);3-8,13-15H,1-2,9-12H2,(H,23,25). The Kier molecular flexibility index (Phi) is 11.6. The van der Waals surface area contributed by atoms with Crippen LogP contribution in [-0.2, 0) is 17.8 Å². The van der Waals surface area contributed by atoms with Crippen LogP contribution < -0.4 is 9.47 Å². The minimum Gasteiger partial charge on any atom is -0.457 e. The molecule has 1 aliphatic heterocycles. The Hall–Kier alpha value is -6.35. The lowest BCUT2D eigenvalue weighted by Crippen LogP contribution is -2.32. The molecule has 14 heteroatoms. The number of nitrogens with zero attached hydrogens (tertiary/aromatic N) is 8. The fourth-order valence-corrected chi connectivity index (χ4v) is 6.88. The number of benzene rings is 3. The molecule has 0 aliphatic carbocycles. The van der Waals surface area contributed by atoms with Gasteiger partial charge in [0.1, 0.15) is 23.1 Å². The fourth-order valence-electron chi connectivity index (χ4n) is 6.88. The number of aromatic nitrogens is 9. The Bertz CT molecular complexity index is 2450. The molecule has 0 radical (unpaired) electrons. The summed E-state index contributed by atoms with van der Waals surface area (Å²) in [5.74, 6) is 3.77. The number of hydrogen-bond donors (Lipinski definition) is 3. The van der Waals surface area contributed by atoms with E-state index < -0.39 is 0 Å². The van der Waals surface area contributed by atoms with E-state index in [1.165, 1.54) is 25.9 Å². The Balaban J connectivity index is 0.000000160. The molecular formula is C43H47N11O3. The summed E-state index contributed by atoms with van der Waals surface area (Å²) in [7, 11) is 3.79. The summed E-state index contributed by atoms with van der Waals surface area (Å²) in [5.41, 5.74) is 6.96. The van der Waals surface area contributed by atoms with E-state index in [2.05, 4.69) is 70.0 Å². The zero-order valence-electron chi connectivity index (χ0n) is 32.4. The second kappa shape index (κ2) is 17.6. The molecule has 1 atom stereocenters. The third-order valence-electron chi connectivity index (χ3n) is 10.2. The topological polar surface area (TPSA) is 151 Å². The van der Waals surface area contributed by atoms with Crippen LogP contribution in [0.2, 0.25) is 0 Å². The summed E-state index contributed by atoms with van der Waals surface area (Å²) in [6.07, 6.45) is 9.77. The lowest BCUT2D eigenvalue weighted by atomic mass is 10.1. The van der Waals surface area contributed by atoms with Crippen LogP contribution in [0.5, 0.6) is 23.1 Å². The van der Waals surface area contributed by atoms with Gasteiger partial charge in [0.25, 0.3) is 0 Å². The average Bonchev–Trinajstić information content (AvgIpc) is 4.09. The molecule has 0 bridgehead atoms. The molecule has 0 spiro atoms. The highest BCUT2D eigenvalue weighted by Crippen LogP contribution is 2.28. The number of likely N-dealkylation sites (tertiary alicyclic amines) is 1. The van der Waals surface area contributed by atoms with E-state index in [9.17, 15) is 0 Å². The van der Waals surface area contributed by atoms with Gasteiger partial charge in [0.2, 0.25) is 5.88 Å². The van der Waals surface area contributed by atoms with E-state index >= 15 is 0 Å². The lowest BCUT2D eigenvalue weighted by Gasteiger charge is -2.22. The molecule has 0 amide bonds. The molecular weight excluding hydrogens is 719 g/mol. The summed E-state index contributed by atoms with van der Waals surface area (Å²) >= 11 is 0. The molecule has 6 heterocycles. The third-order valence-corrected chi connectivity index (χ3v) is 10.2. The van der Waals surface area contributed by atoms with Crippen molar-refractivity contribution in [3.05, 3.63) is 116 Å².